The van der Waals surface area contributed by atoms with Crippen LogP contribution in [-0.4, -0.2) is 122 Å². The summed E-state index contributed by atoms with van der Waals surface area (Å²) in [7, 11) is 0.275. The van der Waals surface area contributed by atoms with Crippen molar-refractivity contribution >= 4 is 72.6 Å². The molecule has 0 saturated carbocycles. The normalized spacial score (nSPS) is 17.3. The highest BCUT2D eigenvalue weighted by molar-refractivity contribution is 7.86. The van der Waals surface area contributed by atoms with E-state index in [4.69, 9.17) is 18.8 Å². The molecule has 8 aromatic carbocycles. The lowest BCUT2D eigenvalue weighted by molar-refractivity contribution is -0.735. The monoisotopic (exact) mass is 1570 g/mol. The fourth-order valence-electron chi connectivity index (χ4n) is 12.7. The number of aromatic amines is 1. The summed E-state index contributed by atoms with van der Waals surface area (Å²) in [6.45, 7) is 2.84. The quantitative estimate of drug-likeness (QED) is 0.0235. The van der Waals surface area contributed by atoms with Crippen LogP contribution in [0.5, 0.6) is 0 Å². The molecule has 3 aliphatic heterocycles. The lowest BCUT2D eigenvalue weighted by Gasteiger charge is -2.34. The number of anilines is 3. The van der Waals surface area contributed by atoms with E-state index in [-0.39, 0.29) is 50.4 Å². The van der Waals surface area contributed by atoms with Crippen molar-refractivity contribution in [3.8, 4) is 0 Å². The number of rotatable bonds is 13. The summed E-state index contributed by atoms with van der Waals surface area (Å²) < 4.78 is 163. The molecule has 11 aromatic rings. The summed E-state index contributed by atoms with van der Waals surface area (Å²) in [5.41, 5.74) is 2.97. The Morgan fingerprint density at radius 1 is 0.477 bits per heavy atom. The predicted octanol–water partition coefficient (Wildman–Crippen LogP) is 11.4. The van der Waals surface area contributed by atoms with Crippen LogP contribution in [0.1, 0.15) is 168 Å². The van der Waals surface area contributed by atoms with Crippen LogP contribution < -0.4 is 20.6 Å². The number of ketones is 3. The molecule has 3 aliphatic rings. The Kier molecular flexibility index (Phi) is 25.0. The van der Waals surface area contributed by atoms with Crippen LogP contribution in [0.25, 0.3) is 0 Å². The van der Waals surface area contributed by atoms with Crippen molar-refractivity contribution in [2.24, 2.45) is 21.1 Å². The Hall–Kier alpha value is -12.6. The van der Waals surface area contributed by atoms with Crippen LogP contribution in [0.4, 0.5) is 43.4 Å². The molecule has 111 heavy (non-hydrogen) atoms. The van der Waals surface area contributed by atoms with Crippen LogP contribution in [0.3, 0.4) is 0 Å². The second-order valence-corrected chi connectivity index (χ2v) is 28.5. The molecular weight excluding hydrogens is 1500 g/mol. The maximum atomic E-state index is 14.2. The molecule has 0 radical (unpaired) electrons. The first-order valence-electron chi connectivity index (χ1n) is 33.3. The summed E-state index contributed by atoms with van der Waals surface area (Å²) in [6.07, 6.45) is 4.06. The van der Waals surface area contributed by atoms with Crippen LogP contribution in [0.2, 0.25) is 0 Å². The highest BCUT2D eigenvalue weighted by Gasteiger charge is 2.48. The Morgan fingerprint density at radius 3 is 1.07 bits per heavy atom. The number of halogens is 6. The third kappa shape index (κ3) is 18.1. The van der Waals surface area contributed by atoms with Crippen LogP contribution in [0, 0.1) is 34.9 Å². The SMILES string of the molecule is COC(=O)c1cc(F)cc2c1C(=O)C(c1ncnn1C)C(c1ccc(F)cc1)N2.COC(=O)c1cc(F)cc2c1C(=O)[C@H](c1nc[nH][n+]1C)[C@@H](c1ccc(F)cc1)N2.COC(=O)c1cc(F)cc2c1C(=O)[C@H](c1ncnn1C)[C@@H](c1ccc(F)cc1)N2.C[C@@H](c1ccccc1)S(=O)(=O)O.C[C@@H](c1ccccc1)S(=O)(=O)[O-]. The number of carbonyl (C=O) groups excluding carboxylic acids is 6. The van der Waals surface area contributed by atoms with Gasteiger partial charge < -0.3 is 34.7 Å². The minimum absolute atomic E-state index is 0.0182. The van der Waals surface area contributed by atoms with Gasteiger partial charge in [-0.2, -0.15) is 28.4 Å². The summed E-state index contributed by atoms with van der Waals surface area (Å²) in [6, 6.07) is 38.3. The van der Waals surface area contributed by atoms with Gasteiger partial charge in [0.25, 0.3) is 10.1 Å². The first kappa shape index (κ1) is 80.9. The number of nitrogens with one attached hydrogen (secondary N) is 4. The van der Waals surface area contributed by atoms with E-state index >= 15 is 0 Å². The molecule has 0 saturated heterocycles. The van der Waals surface area contributed by atoms with Gasteiger partial charge in [0.2, 0.25) is 6.33 Å². The number of Topliss-reactive ketones (excluding diaryl/α,β-unsaturated/α-hetero) is 3. The van der Waals surface area contributed by atoms with Gasteiger partial charge in [-0.3, -0.25) is 28.3 Å². The predicted molar refractivity (Wildman–Crippen MR) is 385 cm³/mol. The molecule has 3 aromatic heterocycles. The number of ether oxygens (including phenoxy) is 3. The van der Waals surface area contributed by atoms with E-state index in [1.54, 1.807) is 98.6 Å². The summed E-state index contributed by atoms with van der Waals surface area (Å²) >= 11 is 0. The van der Waals surface area contributed by atoms with Gasteiger partial charge in [0.05, 0.1) is 78.1 Å². The van der Waals surface area contributed by atoms with Crippen molar-refractivity contribution in [3.63, 3.8) is 0 Å². The minimum atomic E-state index is -4.21. The number of esters is 3. The zero-order chi connectivity index (χ0) is 80.5. The van der Waals surface area contributed by atoms with Crippen molar-refractivity contribution in [1.29, 1.82) is 0 Å². The van der Waals surface area contributed by atoms with Gasteiger partial charge in [-0.1, -0.05) is 97.1 Å². The number of aryl methyl sites for hydroxylation is 3. The van der Waals surface area contributed by atoms with E-state index in [2.05, 4.69) is 46.2 Å². The van der Waals surface area contributed by atoms with E-state index in [0.29, 0.717) is 45.3 Å². The fourth-order valence-corrected chi connectivity index (χ4v) is 13.7. The van der Waals surface area contributed by atoms with Gasteiger partial charge in [0, 0.05) is 31.2 Å². The zero-order valence-corrected chi connectivity index (χ0v) is 61.5. The lowest BCUT2D eigenvalue weighted by atomic mass is 9.80. The first-order valence-corrected chi connectivity index (χ1v) is 36.2. The van der Waals surface area contributed by atoms with Gasteiger partial charge in [-0.05, 0) is 119 Å². The molecular formula is C76H68F6N12O15S2. The Balaban J connectivity index is 0.000000154. The van der Waals surface area contributed by atoms with E-state index in [1.165, 1.54) is 103 Å². The molecule has 6 heterocycles. The van der Waals surface area contributed by atoms with Gasteiger partial charge in [0.15, 0.2) is 23.3 Å². The largest absolute Gasteiger partial charge is 0.747 e. The number of hydrogen-bond donors (Lipinski definition) is 5. The summed E-state index contributed by atoms with van der Waals surface area (Å²) in [4.78, 5) is 89.9. The van der Waals surface area contributed by atoms with Crippen molar-refractivity contribution in [2.45, 2.75) is 60.2 Å². The van der Waals surface area contributed by atoms with Crippen molar-refractivity contribution in [2.75, 3.05) is 37.3 Å². The van der Waals surface area contributed by atoms with Gasteiger partial charge in [-0.15, -0.1) is 0 Å². The molecule has 35 heteroatoms. The average Bonchev–Trinajstić information content (AvgIpc) is 1.36. The van der Waals surface area contributed by atoms with E-state index in [9.17, 15) is 76.5 Å². The molecule has 0 aliphatic carbocycles. The highest BCUT2D eigenvalue weighted by atomic mass is 32.2. The van der Waals surface area contributed by atoms with Crippen molar-refractivity contribution in [1.82, 2.24) is 39.6 Å². The molecule has 2 unspecified atom stereocenters. The summed E-state index contributed by atoms with van der Waals surface area (Å²) in [5, 5.41) is 18.5. The Labute approximate surface area is 630 Å². The third-order valence-corrected chi connectivity index (χ3v) is 20.6. The number of H-pyrrole nitrogens is 1. The minimum Gasteiger partial charge on any atom is -0.747 e. The smallest absolute Gasteiger partial charge is 0.338 e. The highest BCUT2D eigenvalue weighted by Crippen LogP contribution is 2.47. The topological polar surface area (TPSA) is 372 Å². The van der Waals surface area contributed by atoms with Gasteiger partial charge >= 0.3 is 23.7 Å². The maximum absolute atomic E-state index is 14.2. The molecule has 0 fully saturated rings. The third-order valence-electron chi connectivity index (χ3n) is 18.3. The number of nitrogens with zero attached hydrogens (tertiary/aromatic N) is 8. The molecule has 8 atom stereocenters. The number of aromatic nitrogens is 9. The number of carbonyl (C=O) groups is 6. The zero-order valence-electron chi connectivity index (χ0n) is 59.8. The van der Waals surface area contributed by atoms with E-state index in [0.717, 1.165) is 57.7 Å². The lowest BCUT2D eigenvalue weighted by Crippen LogP contribution is -2.43. The van der Waals surface area contributed by atoms with Gasteiger partial charge in [-0.25, -0.2) is 59.1 Å². The second-order valence-electron chi connectivity index (χ2n) is 25.1. The molecule has 0 spiro atoms. The number of hydrogen-bond acceptors (Lipinski definition) is 22. The molecule has 0 bridgehead atoms. The van der Waals surface area contributed by atoms with E-state index < -0.39 is 137 Å². The molecule has 576 valence electrons. The van der Waals surface area contributed by atoms with Crippen molar-refractivity contribution in [3.05, 3.63) is 302 Å². The van der Waals surface area contributed by atoms with Gasteiger partial charge in [0.1, 0.15) is 93.5 Å². The van der Waals surface area contributed by atoms with E-state index in [1.807, 2.05) is 0 Å². The molecule has 0 amide bonds. The number of benzene rings is 8. The standard InChI is InChI=1S/3C20H16F2N4O3.2C8H10O3S/c3*1-26-19(23-9-24-26)16-17(10-3-5-11(21)6-4-10)25-14-8-12(22)7-13(20(28)29-2)15(14)18(16)27;2*1-7(12(9,10)11)8-5-3-2-4-6-8/h3-9,16-17H,1-2H3,(H,25,27);2*3-9,16-17,25H,1-2H3;2*2-7H,1H3,(H,9,10,11)/t2*16-,17-;;2*7-/m11.00/s1. The average molecular weight is 1570 g/mol. The molecule has 14 rings (SSSR count). The first-order chi connectivity index (χ1) is 52.7. The Morgan fingerprint density at radius 2 is 0.793 bits per heavy atom. The molecule has 5 N–H and O–H groups in total. The number of fused-ring (bicyclic) bond motifs is 3. The van der Waals surface area contributed by atoms with Crippen molar-refractivity contribution < 1.29 is 99.9 Å². The van der Waals surface area contributed by atoms with Crippen LogP contribution in [-0.2, 0) is 55.6 Å². The van der Waals surface area contributed by atoms with Crippen LogP contribution in [0.15, 0.2) is 189 Å². The Bertz CT molecular complexity index is 5040. The summed E-state index contributed by atoms with van der Waals surface area (Å²) in [5.74, 6) is -8.62. The fraction of sp³-hybridized carbons (Fsp3) is 0.211. The van der Waals surface area contributed by atoms with Crippen LogP contribution >= 0.6 is 0 Å². The number of methoxy groups -OCH3 is 3. The second kappa shape index (κ2) is 34.3. The molecule has 27 nitrogen and oxygen atoms in total. The maximum Gasteiger partial charge on any atom is 0.338 e.